The fourth-order valence-corrected chi connectivity index (χ4v) is 3.78. The first-order chi connectivity index (χ1) is 12.8. The number of hydrogen-bond donors (Lipinski definition) is 1. The second-order valence-corrected chi connectivity index (χ2v) is 8.02. The summed E-state index contributed by atoms with van der Waals surface area (Å²) in [4.78, 5) is 16.8. The van der Waals surface area contributed by atoms with Gasteiger partial charge in [0.25, 0.3) is 0 Å². The van der Waals surface area contributed by atoms with Crippen molar-refractivity contribution in [2.24, 2.45) is 0 Å². The molecule has 1 heterocycles. The molecule has 4 nitrogen and oxygen atoms in total. The Labute approximate surface area is 162 Å². The Hall–Kier alpha value is -0.450. The lowest BCUT2D eigenvalue weighted by Crippen LogP contribution is -2.48. The van der Waals surface area contributed by atoms with Crippen molar-refractivity contribution in [1.82, 2.24) is 9.80 Å². The molecule has 0 aromatic heterocycles. The van der Waals surface area contributed by atoms with Crippen LogP contribution in [0.4, 0.5) is 0 Å². The number of ketones is 1. The standard InChI is InChI=1S/C22H44N2O2/c1-2-3-4-5-6-7-8-9-10-11-12-14-22(26)21-24-18-16-23(17-19-24)15-13-20-25/h25H,2-21H2,1H3. The molecule has 1 N–H and O–H groups in total. The van der Waals surface area contributed by atoms with Gasteiger partial charge in [0.05, 0.1) is 6.54 Å². The normalized spacial score (nSPS) is 16.2. The van der Waals surface area contributed by atoms with E-state index in [0.717, 1.165) is 52.0 Å². The van der Waals surface area contributed by atoms with Crippen LogP contribution in [0.1, 0.15) is 90.4 Å². The second kappa shape index (κ2) is 16.7. The lowest BCUT2D eigenvalue weighted by Gasteiger charge is -2.34. The van der Waals surface area contributed by atoms with Crippen LogP contribution in [-0.2, 0) is 4.79 Å². The molecule has 4 heteroatoms. The number of Topliss-reactive ketones (excluding diaryl/α,β-unsaturated/α-hetero) is 1. The molecule has 0 radical (unpaired) electrons. The lowest BCUT2D eigenvalue weighted by atomic mass is 10.0. The second-order valence-electron chi connectivity index (χ2n) is 8.02. The van der Waals surface area contributed by atoms with Gasteiger partial charge in [-0.15, -0.1) is 0 Å². The Morgan fingerprint density at radius 3 is 1.77 bits per heavy atom. The molecule has 26 heavy (non-hydrogen) atoms. The maximum atomic E-state index is 12.1. The van der Waals surface area contributed by atoms with Crippen LogP contribution in [0.3, 0.4) is 0 Å². The molecule has 1 aliphatic heterocycles. The number of nitrogens with zero attached hydrogens (tertiary/aromatic N) is 2. The van der Waals surface area contributed by atoms with Gasteiger partial charge in [-0.3, -0.25) is 9.69 Å². The Morgan fingerprint density at radius 1 is 0.731 bits per heavy atom. The van der Waals surface area contributed by atoms with E-state index in [2.05, 4.69) is 16.7 Å². The van der Waals surface area contributed by atoms with Crippen molar-refractivity contribution >= 4 is 5.78 Å². The third-order valence-corrected chi connectivity index (χ3v) is 5.56. The summed E-state index contributed by atoms with van der Waals surface area (Å²) in [6.45, 7) is 8.23. The zero-order valence-electron chi connectivity index (χ0n) is 17.4. The van der Waals surface area contributed by atoms with E-state index in [0.29, 0.717) is 12.3 Å². The van der Waals surface area contributed by atoms with Gasteiger partial charge in [-0.1, -0.05) is 71.1 Å². The largest absolute Gasteiger partial charge is 0.396 e. The molecule has 1 fully saturated rings. The van der Waals surface area contributed by atoms with E-state index in [4.69, 9.17) is 5.11 Å². The molecule has 0 saturated carbocycles. The highest BCUT2D eigenvalue weighted by atomic mass is 16.3. The van der Waals surface area contributed by atoms with Crippen LogP contribution in [-0.4, -0.2) is 66.6 Å². The van der Waals surface area contributed by atoms with Crippen LogP contribution < -0.4 is 0 Å². The molecule has 0 atom stereocenters. The quantitative estimate of drug-likeness (QED) is 0.390. The molecule has 154 valence electrons. The van der Waals surface area contributed by atoms with Crippen LogP contribution in [0, 0.1) is 0 Å². The van der Waals surface area contributed by atoms with Crippen molar-refractivity contribution in [3.8, 4) is 0 Å². The van der Waals surface area contributed by atoms with Crippen LogP contribution in [0.2, 0.25) is 0 Å². The summed E-state index contributed by atoms with van der Waals surface area (Å²) in [5, 5.41) is 8.89. The molecule has 0 spiro atoms. The van der Waals surface area contributed by atoms with E-state index in [1.807, 2.05) is 0 Å². The summed E-state index contributed by atoms with van der Waals surface area (Å²) in [7, 11) is 0. The Kier molecular flexibility index (Phi) is 15.2. The number of unbranched alkanes of at least 4 members (excludes halogenated alkanes) is 10. The van der Waals surface area contributed by atoms with Gasteiger partial charge in [-0.05, 0) is 12.8 Å². The molecular formula is C22H44N2O2. The smallest absolute Gasteiger partial charge is 0.146 e. The van der Waals surface area contributed by atoms with Gasteiger partial charge >= 0.3 is 0 Å². The SMILES string of the molecule is CCCCCCCCCCCCCC(=O)CN1CCN(CCCO)CC1. The van der Waals surface area contributed by atoms with E-state index >= 15 is 0 Å². The van der Waals surface area contributed by atoms with Gasteiger partial charge < -0.3 is 10.0 Å². The van der Waals surface area contributed by atoms with Gasteiger partial charge in [-0.25, -0.2) is 0 Å². The minimum atomic E-state index is 0.275. The highest BCUT2D eigenvalue weighted by molar-refractivity contribution is 5.80. The zero-order chi connectivity index (χ0) is 18.9. The molecule has 0 aromatic carbocycles. The number of aliphatic hydroxyl groups is 1. The fraction of sp³-hybridized carbons (Fsp3) is 0.955. The molecule has 0 unspecified atom stereocenters. The minimum Gasteiger partial charge on any atom is -0.396 e. The summed E-state index contributed by atoms with van der Waals surface area (Å²) in [5.41, 5.74) is 0. The molecular weight excluding hydrogens is 324 g/mol. The van der Waals surface area contributed by atoms with Gasteiger partial charge in [0.15, 0.2) is 0 Å². The first-order valence-electron chi connectivity index (χ1n) is 11.3. The van der Waals surface area contributed by atoms with Crippen molar-refractivity contribution in [3.05, 3.63) is 0 Å². The lowest BCUT2D eigenvalue weighted by molar-refractivity contribution is -0.120. The number of aliphatic hydroxyl groups excluding tert-OH is 1. The molecule has 0 amide bonds. The first kappa shape index (κ1) is 23.6. The number of carbonyl (C=O) groups excluding carboxylic acids is 1. The topological polar surface area (TPSA) is 43.8 Å². The highest BCUT2D eigenvalue weighted by Crippen LogP contribution is 2.12. The number of carbonyl (C=O) groups is 1. The van der Waals surface area contributed by atoms with Crippen LogP contribution in [0.5, 0.6) is 0 Å². The summed E-state index contributed by atoms with van der Waals surface area (Å²) in [5.74, 6) is 0.421. The van der Waals surface area contributed by atoms with Gasteiger partial charge in [-0.2, -0.15) is 0 Å². The predicted octanol–water partition coefficient (Wildman–Crippen LogP) is 4.26. The van der Waals surface area contributed by atoms with Crippen molar-refractivity contribution in [2.45, 2.75) is 90.4 Å². The van der Waals surface area contributed by atoms with E-state index in [9.17, 15) is 4.79 Å². The molecule has 0 aliphatic carbocycles. The van der Waals surface area contributed by atoms with Gasteiger partial charge in [0, 0.05) is 45.8 Å². The number of piperazine rings is 1. The van der Waals surface area contributed by atoms with E-state index in [-0.39, 0.29) is 6.61 Å². The van der Waals surface area contributed by atoms with Gasteiger partial charge in [0.1, 0.15) is 5.78 Å². The van der Waals surface area contributed by atoms with Crippen molar-refractivity contribution in [1.29, 1.82) is 0 Å². The summed E-state index contributed by atoms with van der Waals surface area (Å²) < 4.78 is 0. The van der Waals surface area contributed by atoms with Crippen molar-refractivity contribution in [3.63, 3.8) is 0 Å². The Bertz CT molecular complexity index is 328. The van der Waals surface area contributed by atoms with Crippen molar-refractivity contribution in [2.75, 3.05) is 45.9 Å². The summed E-state index contributed by atoms with van der Waals surface area (Å²) in [6.07, 6.45) is 16.3. The third kappa shape index (κ3) is 12.8. The van der Waals surface area contributed by atoms with E-state index < -0.39 is 0 Å². The average molecular weight is 369 g/mol. The molecule has 1 rings (SSSR count). The molecule has 1 saturated heterocycles. The molecule has 0 bridgehead atoms. The third-order valence-electron chi connectivity index (χ3n) is 5.56. The van der Waals surface area contributed by atoms with Gasteiger partial charge in [0.2, 0.25) is 0 Å². The van der Waals surface area contributed by atoms with E-state index in [1.165, 1.54) is 64.2 Å². The fourth-order valence-electron chi connectivity index (χ4n) is 3.78. The molecule has 0 aromatic rings. The van der Waals surface area contributed by atoms with Crippen LogP contribution in [0.25, 0.3) is 0 Å². The number of hydrogen-bond acceptors (Lipinski definition) is 4. The summed E-state index contributed by atoms with van der Waals surface area (Å²) in [6, 6.07) is 0. The molecule has 1 aliphatic rings. The zero-order valence-corrected chi connectivity index (χ0v) is 17.4. The van der Waals surface area contributed by atoms with Crippen molar-refractivity contribution < 1.29 is 9.90 Å². The van der Waals surface area contributed by atoms with Crippen LogP contribution >= 0.6 is 0 Å². The highest BCUT2D eigenvalue weighted by Gasteiger charge is 2.18. The summed E-state index contributed by atoms with van der Waals surface area (Å²) >= 11 is 0. The van der Waals surface area contributed by atoms with Crippen LogP contribution in [0.15, 0.2) is 0 Å². The Morgan fingerprint density at radius 2 is 1.23 bits per heavy atom. The minimum absolute atomic E-state index is 0.275. The predicted molar refractivity (Wildman–Crippen MR) is 111 cm³/mol. The maximum Gasteiger partial charge on any atom is 0.146 e. The first-order valence-corrected chi connectivity index (χ1v) is 11.3. The van der Waals surface area contributed by atoms with E-state index in [1.54, 1.807) is 0 Å². The number of rotatable bonds is 17. The Balaban J connectivity index is 1.87. The monoisotopic (exact) mass is 368 g/mol. The maximum absolute atomic E-state index is 12.1. The average Bonchev–Trinajstić information content (AvgIpc) is 2.65.